The van der Waals surface area contributed by atoms with Crippen LogP contribution in [0.1, 0.15) is 48.1 Å². The van der Waals surface area contributed by atoms with Crippen LogP contribution in [0, 0.1) is 13.8 Å². The van der Waals surface area contributed by atoms with Gasteiger partial charge < -0.3 is 10.1 Å². The summed E-state index contributed by atoms with van der Waals surface area (Å²) >= 11 is 0. The molecule has 0 saturated carbocycles. The highest BCUT2D eigenvalue weighted by atomic mass is 35.5. The van der Waals surface area contributed by atoms with E-state index in [4.69, 9.17) is 4.74 Å². The van der Waals surface area contributed by atoms with Crippen molar-refractivity contribution in [1.82, 2.24) is 10.2 Å². The number of nitrogens with one attached hydrogen (secondary N) is 1. The van der Waals surface area contributed by atoms with Gasteiger partial charge in [0, 0.05) is 32.2 Å². The highest BCUT2D eigenvalue weighted by Crippen LogP contribution is 2.32. The average molecular weight is 425 g/mol. The van der Waals surface area contributed by atoms with Crippen LogP contribution in [0.3, 0.4) is 0 Å². The van der Waals surface area contributed by atoms with Crippen molar-refractivity contribution in [3.8, 4) is 5.75 Å². The van der Waals surface area contributed by atoms with Gasteiger partial charge in [-0.05, 0) is 42.5 Å². The van der Waals surface area contributed by atoms with E-state index in [1.807, 2.05) is 6.07 Å². The quantitative estimate of drug-likeness (QED) is 0.637. The highest BCUT2D eigenvalue weighted by Gasteiger charge is 2.22. The van der Waals surface area contributed by atoms with E-state index in [2.05, 4.69) is 67.4 Å². The lowest BCUT2D eigenvalue weighted by molar-refractivity contribution is 0.164. The number of halogens is 2. The minimum absolute atomic E-state index is 0. The summed E-state index contributed by atoms with van der Waals surface area (Å²) in [7, 11) is 0. The third-order valence-corrected chi connectivity index (χ3v) is 5.25. The second kappa shape index (κ2) is 12.3. The third-order valence-electron chi connectivity index (χ3n) is 5.25. The van der Waals surface area contributed by atoms with Gasteiger partial charge in [-0.25, -0.2) is 0 Å². The molecular formula is C23H34Cl2N2O. The van der Waals surface area contributed by atoms with Crippen LogP contribution in [0.5, 0.6) is 5.75 Å². The molecule has 0 bridgehead atoms. The van der Waals surface area contributed by atoms with Crippen LogP contribution in [-0.2, 0) is 6.61 Å². The van der Waals surface area contributed by atoms with Gasteiger partial charge in [0.15, 0.2) is 0 Å². The zero-order valence-corrected chi connectivity index (χ0v) is 18.9. The molecule has 2 aromatic carbocycles. The van der Waals surface area contributed by atoms with Crippen molar-refractivity contribution in [3.63, 3.8) is 0 Å². The topological polar surface area (TPSA) is 24.5 Å². The lowest BCUT2D eigenvalue weighted by atomic mass is 9.95. The van der Waals surface area contributed by atoms with Crippen LogP contribution in [0.25, 0.3) is 0 Å². The van der Waals surface area contributed by atoms with Gasteiger partial charge in [0.05, 0.1) is 0 Å². The summed E-state index contributed by atoms with van der Waals surface area (Å²) in [5.74, 6) is 1.04. The fourth-order valence-electron chi connectivity index (χ4n) is 3.96. The molecule has 0 aromatic heterocycles. The summed E-state index contributed by atoms with van der Waals surface area (Å²) in [6.07, 6.45) is 2.42. The summed E-state index contributed by atoms with van der Waals surface area (Å²) in [6, 6.07) is 15.6. The molecule has 0 spiro atoms. The Balaban J connectivity index is 0.00000196. The Kier molecular flexibility index (Phi) is 10.9. The van der Waals surface area contributed by atoms with Gasteiger partial charge in [-0.15, -0.1) is 24.8 Å². The first-order chi connectivity index (χ1) is 12.7. The molecule has 28 heavy (non-hydrogen) atoms. The molecule has 1 aliphatic rings. The summed E-state index contributed by atoms with van der Waals surface area (Å²) in [6.45, 7) is 11.7. The minimum Gasteiger partial charge on any atom is -0.488 e. The number of benzene rings is 2. The number of hydrogen-bond acceptors (Lipinski definition) is 3. The summed E-state index contributed by atoms with van der Waals surface area (Å²) in [5, 5.41) is 3.47. The summed E-state index contributed by atoms with van der Waals surface area (Å²) in [5.41, 5.74) is 5.13. The zero-order chi connectivity index (χ0) is 18.4. The van der Waals surface area contributed by atoms with Crippen molar-refractivity contribution in [1.29, 1.82) is 0 Å². The Bertz CT molecular complexity index is 680. The van der Waals surface area contributed by atoms with E-state index in [0.717, 1.165) is 31.9 Å². The second-order valence-electron chi connectivity index (χ2n) is 7.35. The molecule has 3 nitrogen and oxygen atoms in total. The largest absolute Gasteiger partial charge is 0.488 e. The Labute approximate surface area is 182 Å². The van der Waals surface area contributed by atoms with Gasteiger partial charge >= 0.3 is 0 Å². The van der Waals surface area contributed by atoms with Gasteiger partial charge in [-0.1, -0.05) is 55.8 Å². The van der Waals surface area contributed by atoms with E-state index in [-0.39, 0.29) is 24.8 Å². The normalized spacial score (nSPS) is 15.2. The molecular weight excluding hydrogens is 391 g/mol. The van der Waals surface area contributed by atoms with Gasteiger partial charge in [-0.2, -0.15) is 0 Å². The molecule has 1 N–H and O–H groups in total. The second-order valence-corrected chi connectivity index (χ2v) is 7.35. The number of hydrogen-bond donors (Lipinski definition) is 1. The first kappa shape index (κ1) is 24.8. The average Bonchev–Trinajstić information content (AvgIpc) is 2.67. The first-order valence-electron chi connectivity index (χ1n) is 9.91. The van der Waals surface area contributed by atoms with Crippen molar-refractivity contribution in [2.24, 2.45) is 0 Å². The van der Waals surface area contributed by atoms with E-state index in [9.17, 15) is 0 Å². The molecule has 0 radical (unpaired) electrons. The number of piperazine rings is 1. The van der Waals surface area contributed by atoms with Crippen molar-refractivity contribution < 1.29 is 4.74 Å². The van der Waals surface area contributed by atoms with Crippen LogP contribution in [0.4, 0.5) is 0 Å². The van der Waals surface area contributed by atoms with E-state index in [1.165, 1.54) is 35.1 Å². The van der Waals surface area contributed by atoms with E-state index < -0.39 is 0 Å². The van der Waals surface area contributed by atoms with E-state index in [1.54, 1.807) is 0 Å². The number of rotatable bonds is 7. The maximum atomic E-state index is 6.17. The van der Waals surface area contributed by atoms with Crippen molar-refractivity contribution in [2.45, 2.75) is 46.3 Å². The zero-order valence-electron chi connectivity index (χ0n) is 17.2. The molecule has 1 saturated heterocycles. The Morgan fingerprint density at radius 2 is 1.61 bits per heavy atom. The van der Waals surface area contributed by atoms with Crippen LogP contribution in [0.15, 0.2) is 42.5 Å². The van der Waals surface area contributed by atoms with E-state index >= 15 is 0 Å². The minimum atomic E-state index is 0. The predicted molar refractivity (Wildman–Crippen MR) is 123 cm³/mol. The maximum Gasteiger partial charge on any atom is 0.125 e. The highest BCUT2D eigenvalue weighted by molar-refractivity contribution is 5.85. The molecule has 0 unspecified atom stereocenters. The third kappa shape index (κ3) is 6.38. The Morgan fingerprint density at radius 1 is 1.00 bits per heavy atom. The van der Waals surface area contributed by atoms with Crippen molar-refractivity contribution in [3.05, 3.63) is 64.7 Å². The summed E-state index contributed by atoms with van der Waals surface area (Å²) in [4.78, 5) is 2.64. The smallest absolute Gasteiger partial charge is 0.125 e. The monoisotopic (exact) mass is 424 g/mol. The molecule has 156 valence electrons. The molecule has 3 rings (SSSR count). The SMILES string of the molecule is CCC[C@@H](c1cc(C)c(OCc2ccccc2)c(C)c1)N1CCNCC1.Cl.Cl. The molecule has 0 aliphatic carbocycles. The summed E-state index contributed by atoms with van der Waals surface area (Å²) < 4.78 is 6.17. The first-order valence-corrected chi connectivity index (χ1v) is 9.91. The Morgan fingerprint density at radius 3 is 2.18 bits per heavy atom. The molecule has 1 aliphatic heterocycles. The van der Waals surface area contributed by atoms with Crippen LogP contribution in [0.2, 0.25) is 0 Å². The van der Waals surface area contributed by atoms with Crippen LogP contribution < -0.4 is 10.1 Å². The van der Waals surface area contributed by atoms with E-state index in [0.29, 0.717) is 12.6 Å². The van der Waals surface area contributed by atoms with Gasteiger partial charge in [0.25, 0.3) is 0 Å². The number of ether oxygens (including phenoxy) is 1. The molecule has 0 amide bonds. The predicted octanol–water partition coefficient (Wildman–Crippen LogP) is 5.47. The van der Waals surface area contributed by atoms with Crippen molar-refractivity contribution in [2.75, 3.05) is 26.2 Å². The molecule has 1 heterocycles. The standard InChI is InChI=1S/C23H32N2O.2ClH/c1-4-8-22(25-13-11-24-12-14-25)21-15-18(2)23(19(3)16-21)26-17-20-9-6-5-7-10-20;;/h5-7,9-10,15-16,22,24H,4,8,11-14,17H2,1-3H3;2*1H/t22-;;/m0../s1. The van der Waals surface area contributed by atoms with Gasteiger partial charge in [0.2, 0.25) is 0 Å². The fourth-order valence-corrected chi connectivity index (χ4v) is 3.96. The van der Waals surface area contributed by atoms with Crippen molar-refractivity contribution >= 4 is 24.8 Å². The molecule has 5 heteroatoms. The lowest BCUT2D eigenvalue weighted by Gasteiger charge is -2.35. The number of aryl methyl sites for hydroxylation is 2. The van der Waals surface area contributed by atoms with Gasteiger partial charge in [-0.3, -0.25) is 4.90 Å². The molecule has 1 atom stereocenters. The van der Waals surface area contributed by atoms with Crippen LogP contribution >= 0.6 is 24.8 Å². The van der Waals surface area contributed by atoms with Gasteiger partial charge in [0.1, 0.15) is 12.4 Å². The maximum absolute atomic E-state index is 6.17. The van der Waals surface area contributed by atoms with Crippen LogP contribution in [-0.4, -0.2) is 31.1 Å². The Hall–Kier alpha value is -1.26. The molecule has 2 aromatic rings. The lowest BCUT2D eigenvalue weighted by Crippen LogP contribution is -2.45. The molecule has 1 fully saturated rings. The number of nitrogens with zero attached hydrogens (tertiary/aromatic N) is 1. The fraction of sp³-hybridized carbons (Fsp3) is 0.478.